The van der Waals surface area contributed by atoms with Crippen molar-refractivity contribution in [2.75, 3.05) is 18.0 Å². The highest BCUT2D eigenvalue weighted by Crippen LogP contribution is 2.24. The molecule has 2 N–H and O–H groups in total. The van der Waals surface area contributed by atoms with Crippen LogP contribution in [-0.4, -0.2) is 29.0 Å². The summed E-state index contributed by atoms with van der Waals surface area (Å²) in [6.45, 7) is 6.45. The topological polar surface area (TPSA) is 61.0 Å². The third-order valence-electron chi connectivity index (χ3n) is 5.61. The predicted octanol–water partition coefficient (Wildman–Crippen LogP) is 3.97. The fourth-order valence-corrected chi connectivity index (χ4v) is 3.87. The van der Waals surface area contributed by atoms with E-state index in [0.29, 0.717) is 13.1 Å². The molecular formula is C23H28N4O. The van der Waals surface area contributed by atoms with Gasteiger partial charge in [0.1, 0.15) is 0 Å². The lowest BCUT2D eigenvalue weighted by atomic mass is 9.97. The number of carbonyl (C=O) groups is 1. The molecule has 5 nitrogen and oxygen atoms in total. The largest absolute Gasteiger partial charge is 0.352 e. The van der Waals surface area contributed by atoms with Gasteiger partial charge in [-0.2, -0.15) is 0 Å². The number of hydrogen-bond acceptors (Lipinski definition) is 3. The number of hydrogen-bond donors (Lipinski definition) is 2. The molecule has 1 aliphatic rings. The molecule has 28 heavy (non-hydrogen) atoms. The number of anilines is 1. The summed E-state index contributed by atoms with van der Waals surface area (Å²) in [7, 11) is 0. The van der Waals surface area contributed by atoms with Gasteiger partial charge in [-0.25, -0.2) is 4.98 Å². The first-order valence-electron chi connectivity index (χ1n) is 10.2. The van der Waals surface area contributed by atoms with E-state index in [1.165, 1.54) is 11.1 Å². The van der Waals surface area contributed by atoms with Gasteiger partial charge in [-0.3, -0.25) is 4.79 Å². The number of aromatic nitrogens is 2. The number of imidazole rings is 1. The number of nitrogens with one attached hydrogen (secondary N) is 2. The van der Waals surface area contributed by atoms with Crippen LogP contribution in [0.25, 0.3) is 11.0 Å². The van der Waals surface area contributed by atoms with Crippen LogP contribution in [0.5, 0.6) is 0 Å². The van der Waals surface area contributed by atoms with E-state index in [1.807, 2.05) is 6.07 Å². The molecular weight excluding hydrogens is 348 g/mol. The van der Waals surface area contributed by atoms with Crippen LogP contribution in [0.15, 0.2) is 42.5 Å². The molecule has 2 aromatic carbocycles. The van der Waals surface area contributed by atoms with E-state index >= 15 is 0 Å². The van der Waals surface area contributed by atoms with Crippen LogP contribution in [0.4, 0.5) is 5.95 Å². The molecule has 2 heterocycles. The van der Waals surface area contributed by atoms with Crippen molar-refractivity contribution in [1.29, 1.82) is 0 Å². The molecule has 1 atom stereocenters. The third-order valence-corrected chi connectivity index (χ3v) is 5.61. The fourth-order valence-electron chi connectivity index (χ4n) is 3.87. The first-order valence-corrected chi connectivity index (χ1v) is 10.2. The number of carbonyl (C=O) groups excluding carboxylic acids is 1. The fraction of sp³-hybridized carbons (Fsp3) is 0.391. The second-order valence-electron chi connectivity index (χ2n) is 7.75. The van der Waals surface area contributed by atoms with Gasteiger partial charge < -0.3 is 15.2 Å². The van der Waals surface area contributed by atoms with E-state index in [2.05, 4.69) is 65.4 Å². The highest BCUT2D eigenvalue weighted by atomic mass is 16.1. The highest BCUT2D eigenvalue weighted by Gasteiger charge is 2.27. The zero-order chi connectivity index (χ0) is 19.5. The van der Waals surface area contributed by atoms with Crippen molar-refractivity contribution in [3.05, 3.63) is 59.2 Å². The van der Waals surface area contributed by atoms with E-state index < -0.39 is 0 Å². The summed E-state index contributed by atoms with van der Waals surface area (Å²) in [4.78, 5) is 23.1. The van der Waals surface area contributed by atoms with Crippen molar-refractivity contribution >= 4 is 22.9 Å². The Morgan fingerprint density at radius 1 is 1.21 bits per heavy atom. The Morgan fingerprint density at radius 2 is 2.00 bits per heavy atom. The Hall–Kier alpha value is -2.82. The number of amides is 1. The molecule has 1 fully saturated rings. The van der Waals surface area contributed by atoms with Gasteiger partial charge in [0.05, 0.1) is 17.0 Å². The Morgan fingerprint density at radius 3 is 2.79 bits per heavy atom. The Balaban J connectivity index is 1.38. The first kappa shape index (κ1) is 18.5. The second-order valence-corrected chi connectivity index (χ2v) is 7.75. The smallest absolute Gasteiger partial charge is 0.225 e. The summed E-state index contributed by atoms with van der Waals surface area (Å²) in [5.74, 6) is 1.00. The number of aromatic amines is 1. The average molecular weight is 377 g/mol. The van der Waals surface area contributed by atoms with Gasteiger partial charge in [-0.05, 0) is 55.0 Å². The van der Waals surface area contributed by atoms with Crippen LogP contribution in [0.3, 0.4) is 0 Å². The Labute approximate surface area is 166 Å². The van der Waals surface area contributed by atoms with E-state index in [9.17, 15) is 4.79 Å². The summed E-state index contributed by atoms with van der Waals surface area (Å²) >= 11 is 0. The summed E-state index contributed by atoms with van der Waals surface area (Å²) in [5, 5.41) is 3.12. The van der Waals surface area contributed by atoms with Crippen molar-refractivity contribution in [2.45, 2.75) is 39.7 Å². The number of H-pyrrole nitrogens is 1. The Bertz CT molecular complexity index is 960. The van der Waals surface area contributed by atoms with Crippen LogP contribution in [0.1, 0.15) is 36.5 Å². The molecule has 0 bridgehead atoms. The van der Waals surface area contributed by atoms with Gasteiger partial charge in [-0.15, -0.1) is 0 Å². The molecule has 146 valence electrons. The summed E-state index contributed by atoms with van der Waals surface area (Å²) in [6.07, 6.45) is 2.96. The van der Waals surface area contributed by atoms with Crippen molar-refractivity contribution in [3.63, 3.8) is 0 Å². The summed E-state index contributed by atoms with van der Waals surface area (Å²) in [6, 6.07) is 14.7. The minimum Gasteiger partial charge on any atom is -0.352 e. The van der Waals surface area contributed by atoms with Crippen LogP contribution in [0, 0.1) is 12.8 Å². The molecule has 1 aliphatic heterocycles. The lowest BCUT2D eigenvalue weighted by Gasteiger charge is -2.31. The summed E-state index contributed by atoms with van der Waals surface area (Å²) in [5.41, 5.74) is 5.70. The standard InChI is InChI=1S/C23H28N4O/c1-3-17-7-9-18(10-8-17)14-24-22(28)19-5-4-12-27(15-19)23-25-20-11-6-16(2)13-21(20)26-23/h6-11,13,19H,3-5,12,14-15H2,1-2H3,(H,24,28)(H,25,26). The van der Waals surface area contributed by atoms with Crippen LogP contribution < -0.4 is 10.2 Å². The molecule has 1 unspecified atom stereocenters. The normalized spacial score (nSPS) is 17.1. The van der Waals surface area contributed by atoms with Crippen molar-refractivity contribution in [2.24, 2.45) is 5.92 Å². The van der Waals surface area contributed by atoms with Gasteiger partial charge in [0.2, 0.25) is 11.9 Å². The number of aryl methyl sites for hydroxylation is 2. The minimum absolute atomic E-state index is 0.00128. The molecule has 1 saturated heterocycles. The maximum Gasteiger partial charge on any atom is 0.225 e. The van der Waals surface area contributed by atoms with Gasteiger partial charge in [0, 0.05) is 19.6 Å². The molecule has 0 spiro atoms. The van der Waals surface area contributed by atoms with E-state index in [1.54, 1.807) is 0 Å². The summed E-state index contributed by atoms with van der Waals surface area (Å²) < 4.78 is 0. The molecule has 1 aromatic heterocycles. The lowest BCUT2D eigenvalue weighted by Crippen LogP contribution is -2.43. The molecule has 4 rings (SSSR count). The number of piperidine rings is 1. The van der Waals surface area contributed by atoms with Gasteiger partial charge >= 0.3 is 0 Å². The van der Waals surface area contributed by atoms with Gasteiger partial charge in [-0.1, -0.05) is 37.3 Å². The third kappa shape index (κ3) is 4.03. The number of rotatable bonds is 5. The van der Waals surface area contributed by atoms with E-state index in [0.717, 1.165) is 48.4 Å². The first-order chi connectivity index (χ1) is 13.6. The average Bonchev–Trinajstić information content (AvgIpc) is 3.15. The Kier molecular flexibility index (Phi) is 5.33. The second kappa shape index (κ2) is 8.05. The minimum atomic E-state index is -0.00128. The molecule has 1 amide bonds. The molecule has 0 radical (unpaired) electrons. The van der Waals surface area contributed by atoms with E-state index in [-0.39, 0.29) is 11.8 Å². The quantitative estimate of drug-likeness (QED) is 0.708. The van der Waals surface area contributed by atoms with E-state index in [4.69, 9.17) is 4.98 Å². The van der Waals surface area contributed by atoms with Crippen LogP contribution in [0.2, 0.25) is 0 Å². The lowest BCUT2D eigenvalue weighted by molar-refractivity contribution is -0.125. The highest BCUT2D eigenvalue weighted by molar-refractivity contribution is 5.80. The zero-order valence-electron chi connectivity index (χ0n) is 16.7. The molecule has 3 aromatic rings. The van der Waals surface area contributed by atoms with Gasteiger partial charge in [0.15, 0.2) is 0 Å². The number of fused-ring (bicyclic) bond motifs is 1. The number of benzene rings is 2. The zero-order valence-corrected chi connectivity index (χ0v) is 16.7. The van der Waals surface area contributed by atoms with Crippen molar-refractivity contribution < 1.29 is 4.79 Å². The molecule has 5 heteroatoms. The van der Waals surface area contributed by atoms with Crippen LogP contribution in [-0.2, 0) is 17.8 Å². The molecule has 0 saturated carbocycles. The molecule has 0 aliphatic carbocycles. The van der Waals surface area contributed by atoms with Crippen molar-refractivity contribution in [1.82, 2.24) is 15.3 Å². The SMILES string of the molecule is CCc1ccc(CNC(=O)C2CCCN(c3nc4ccc(C)cc4[nH]3)C2)cc1. The van der Waals surface area contributed by atoms with Gasteiger partial charge in [0.25, 0.3) is 0 Å². The maximum absolute atomic E-state index is 12.7. The van der Waals surface area contributed by atoms with Crippen molar-refractivity contribution in [3.8, 4) is 0 Å². The maximum atomic E-state index is 12.7. The van der Waals surface area contributed by atoms with Crippen LogP contribution >= 0.6 is 0 Å². The monoisotopic (exact) mass is 376 g/mol. The predicted molar refractivity (Wildman–Crippen MR) is 113 cm³/mol. The number of nitrogens with zero attached hydrogens (tertiary/aromatic N) is 2.